The van der Waals surface area contributed by atoms with Crippen LogP contribution in [0.5, 0.6) is 0 Å². The Labute approximate surface area is 121 Å². The van der Waals surface area contributed by atoms with E-state index in [4.69, 9.17) is 22.7 Å². The van der Waals surface area contributed by atoms with E-state index in [9.17, 15) is 4.79 Å². The van der Waals surface area contributed by atoms with Gasteiger partial charge in [0.05, 0.1) is 5.92 Å². The standard InChI is InChI=1S/C14H13ClN4O/c15-14-11(2-1-5-19-14)9-3-4-10(12(16)6-9)7-18-8-13(17)20/h1-7,10,16H,8H2,(H2,17,20)/b16-12?,18-7+. The molecular formula is C14H13ClN4O. The van der Waals surface area contributed by atoms with Crippen molar-refractivity contribution in [2.75, 3.05) is 6.54 Å². The second-order valence-corrected chi connectivity index (χ2v) is 4.60. The molecule has 0 radical (unpaired) electrons. The summed E-state index contributed by atoms with van der Waals surface area (Å²) in [5.74, 6) is -0.750. The average Bonchev–Trinajstić information content (AvgIpc) is 2.41. The van der Waals surface area contributed by atoms with Crippen LogP contribution in [0.3, 0.4) is 0 Å². The van der Waals surface area contributed by atoms with Gasteiger partial charge in [-0.25, -0.2) is 4.98 Å². The number of carbonyl (C=O) groups excluding carboxylic acids is 1. The van der Waals surface area contributed by atoms with E-state index in [1.165, 1.54) is 0 Å². The number of pyridine rings is 1. The van der Waals surface area contributed by atoms with Crippen LogP contribution in [0.4, 0.5) is 0 Å². The van der Waals surface area contributed by atoms with Gasteiger partial charge in [0.25, 0.3) is 0 Å². The zero-order valence-electron chi connectivity index (χ0n) is 10.6. The lowest BCUT2D eigenvalue weighted by Gasteiger charge is -2.14. The van der Waals surface area contributed by atoms with E-state index in [-0.39, 0.29) is 12.5 Å². The van der Waals surface area contributed by atoms with Gasteiger partial charge in [0.2, 0.25) is 5.91 Å². The van der Waals surface area contributed by atoms with Gasteiger partial charge in [-0.15, -0.1) is 0 Å². The number of nitrogens with zero attached hydrogens (tertiary/aromatic N) is 2. The first-order valence-corrected chi connectivity index (χ1v) is 6.33. The van der Waals surface area contributed by atoms with Crippen LogP contribution >= 0.6 is 11.6 Å². The fraction of sp³-hybridized carbons (Fsp3) is 0.143. The summed E-state index contributed by atoms with van der Waals surface area (Å²) in [7, 11) is 0. The summed E-state index contributed by atoms with van der Waals surface area (Å²) < 4.78 is 0. The highest BCUT2D eigenvalue weighted by atomic mass is 35.5. The molecule has 1 unspecified atom stereocenters. The van der Waals surface area contributed by atoms with Gasteiger partial charge < -0.3 is 11.1 Å². The topological polar surface area (TPSA) is 92.2 Å². The van der Waals surface area contributed by atoms with Crippen LogP contribution < -0.4 is 5.73 Å². The number of aliphatic imine (C=N–C) groups is 1. The van der Waals surface area contributed by atoms with Gasteiger partial charge in [0, 0.05) is 23.7 Å². The molecule has 0 bridgehead atoms. The maximum absolute atomic E-state index is 10.6. The Hall–Kier alpha value is -2.27. The quantitative estimate of drug-likeness (QED) is 0.654. The number of nitrogens with two attached hydrogens (primary N) is 1. The average molecular weight is 289 g/mol. The lowest BCUT2D eigenvalue weighted by molar-refractivity contribution is -0.116. The third-order valence-corrected chi connectivity index (χ3v) is 3.04. The van der Waals surface area contributed by atoms with Crippen molar-refractivity contribution in [1.82, 2.24) is 4.98 Å². The van der Waals surface area contributed by atoms with Crippen molar-refractivity contribution in [3.05, 3.63) is 47.3 Å². The lowest BCUT2D eigenvalue weighted by atomic mass is 9.93. The molecule has 102 valence electrons. The molecule has 1 heterocycles. The summed E-state index contributed by atoms with van der Waals surface area (Å²) in [5, 5.41) is 8.38. The Bertz CT molecular complexity index is 634. The van der Waals surface area contributed by atoms with E-state index in [1.54, 1.807) is 24.6 Å². The minimum Gasteiger partial charge on any atom is -0.368 e. The Kier molecular flexibility index (Phi) is 4.42. The highest BCUT2D eigenvalue weighted by Gasteiger charge is 2.15. The van der Waals surface area contributed by atoms with E-state index in [1.807, 2.05) is 18.2 Å². The first-order valence-electron chi connectivity index (χ1n) is 5.95. The van der Waals surface area contributed by atoms with Gasteiger partial charge in [0.15, 0.2) is 0 Å². The largest absolute Gasteiger partial charge is 0.368 e. The van der Waals surface area contributed by atoms with Crippen molar-refractivity contribution in [3.63, 3.8) is 0 Å². The maximum atomic E-state index is 10.6. The summed E-state index contributed by atoms with van der Waals surface area (Å²) in [6.07, 6.45) is 8.56. The minimum absolute atomic E-state index is 0.0668. The van der Waals surface area contributed by atoms with Crippen LogP contribution in [-0.2, 0) is 4.79 Å². The van der Waals surface area contributed by atoms with Crippen molar-refractivity contribution in [3.8, 4) is 0 Å². The molecule has 2 rings (SSSR count). The van der Waals surface area contributed by atoms with Crippen LogP contribution in [0.25, 0.3) is 5.57 Å². The van der Waals surface area contributed by atoms with Crippen molar-refractivity contribution in [1.29, 1.82) is 5.41 Å². The van der Waals surface area contributed by atoms with Gasteiger partial charge >= 0.3 is 0 Å². The van der Waals surface area contributed by atoms with Gasteiger partial charge in [0.1, 0.15) is 11.7 Å². The molecule has 1 aliphatic rings. The normalized spacial score (nSPS) is 18.4. The van der Waals surface area contributed by atoms with E-state index < -0.39 is 5.91 Å². The Morgan fingerprint density at radius 3 is 3.05 bits per heavy atom. The molecule has 20 heavy (non-hydrogen) atoms. The fourth-order valence-corrected chi connectivity index (χ4v) is 2.01. The number of rotatable bonds is 4. The number of hydrogen-bond donors (Lipinski definition) is 2. The number of primary amides is 1. The van der Waals surface area contributed by atoms with E-state index in [0.717, 1.165) is 11.1 Å². The molecule has 1 amide bonds. The molecule has 0 aromatic carbocycles. The summed E-state index contributed by atoms with van der Waals surface area (Å²) in [5.41, 5.74) is 6.98. The predicted octanol–water partition coefficient (Wildman–Crippen LogP) is 1.88. The van der Waals surface area contributed by atoms with Crippen LogP contribution in [0.2, 0.25) is 5.15 Å². The number of allylic oxidation sites excluding steroid dienone is 4. The second kappa shape index (κ2) is 6.25. The number of hydrogen-bond acceptors (Lipinski definition) is 4. The molecule has 0 fully saturated rings. The molecule has 0 spiro atoms. The molecule has 1 atom stereocenters. The number of nitrogens with one attached hydrogen (secondary N) is 1. The van der Waals surface area contributed by atoms with Crippen molar-refractivity contribution < 1.29 is 4.79 Å². The molecule has 0 saturated heterocycles. The molecule has 6 heteroatoms. The molecule has 0 saturated carbocycles. The Morgan fingerprint density at radius 2 is 2.40 bits per heavy atom. The summed E-state index contributed by atoms with van der Waals surface area (Å²) in [6.45, 7) is -0.0668. The summed E-state index contributed by atoms with van der Waals surface area (Å²) in [6, 6.07) is 3.64. The van der Waals surface area contributed by atoms with Crippen LogP contribution in [-0.4, -0.2) is 29.4 Å². The third-order valence-electron chi connectivity index (χ3n) is 2.74. The van der Waals surface area contributed by atoms with Gasteiger partial charge in [-0.05, 0) is 23.8 Å². The number of amides is 1. The van der Waals surface area contributed by atoms with Crippen LogP contribution in [0.1, 0.15) is 5.56 Å². The third kappa shape index (κ3) is 3.39. The zero-order chi connectivity index (χ0) is 14.5. The first kappa shape index (κ1) is 14.1. The van der Waals surface area contributed by atoms with Crippen LogP contribution in [0, 0.1) is 11.3 Å². The zero-order valence-corrected chi connectivity index (χ0v) is 11.3. The number of halogens is 1. The Morgan fingerprint density at radius 1 is 1.60 bits per heavy atom. The van der Waals surface area contributed by atoms with E-state index in [0.29, 0.717) is 10.9 Å². The number of aromatic nitrogens is 1. The molecule has 1 aliphatic carbocycles. The van der Waals surface area contributed by atoms with Crippen molar-refractivity contribution in [2.24, 2.45) is 16.6 Å². The lowest BCUT2D eigenvalue weighted by Crippen LogP contribution is -2.17. The summed E-state index contributed by atoms with van der Waals surface area (Å²) >= 11 is 6.03. The SMILES string of the molecule is N=C1C=C(c2cccnc2Cl)C=CC1/C=N/CC(N)=O. The molecule has 1 aromatic heterocycles. The first-order chi connectivity index (χ1) is 9.58. The smallest absolute Gasteiger partial charge is 0.239 e. The molecular weight excluding hydrogens is 276 g/mol. The predicted molar refractivity (Wildman–Crippen MR) is 80.1 cm³/mol. The van der Waals surface area contributed by atoms with Crippen molar-refractivity contribution >= 4 is 35.0 Å². The van der Waals surface area contributed by atoms with Gasteiger partial charge in [-0.1, -0.05) is 23.8 Å². The van der Waals surface area contributed by atoms with Crippen LogP contribution in [0.15, 0.2) is 41.6 Å². The van der Waals surface area contributed by atoms with Gasteiger partial charge in [-0.2, -0.15) is 0 Å². The Balaban J connectivity index is 2.14. The second-order valence-electron chi connectivity index (χ2n) is 4.24. The molecule has 3 N–H and O–H groups in total. The molecule has 0 aliphatic heterocycles. The number of carbonyl (C=O) groups is 1. The van der Waals surface area contributed by atoms with E-state index >= 15 is 0 Å². The maximum Gasteiger partial charge on any atom is 0.239 e. The highest BCUT2D eigenvalue weighted by Crippen LogP contribution is 2.26. The molecule has 5 nitrogen and oxygen atoms in total. The minimum atomic E-state index is -0.494. The fourth-order valence-electron chi connectivity index (χ4n) is 1.78. The molecule has 1 aromatic rings. The summed E-state index contributed by atoms with van der Waals surface area (Å²) in [4.78, 5) is 18.5. The van der Waals surface area contributed by atoms with E-state index in [2.05, 4.69) is 9.98 Å². The monoisotopic (exact) mass is 288 g/mol. The highest BCUT2D eigenvalue weighted by molar-refractivity contribution is 6.31. The van der Waals surface area contributed by atoms with Gasteiger partial charge in [-0.3, -0.25) is 9.79 Å². The van der Waals surface area contributed by atoms with Crippen molar-refractivity contribution in [2.45, 2.75) is 0 Å².